The van der Waals surface area contributed by atoms with E-state index in [9.17, 15) is 9.59 Å². The molecule has 164 valence electrons. The lowest BCUT2D eigenvalue weighted by Gasteiger charge is -2.09. The first-order valence-electron chi connectivity index (χ1n) is 9.40. The fourth-order valence-corrected chi connectivity index (χ4v) is 3.00. The minimum atomic E-state index is -0.914. The van der Waals surface area contributed by atoms with Crippen LogP contribution in [-0.2, 0) is 16.2 Å². The number of hydrogen-bond donors (Lipinski definition) is 2. The number of amides is 2. The number of anilines is 1. The number of benzene rings is 3. The molecule has 0 aliphatic rings. The Morgan fingerprint density at radius 1 is 0.969 bits per heavy atom. The zero-order valence-corrected chi connectivity index (χ0v) is 18.5. The van der Waals surface area contributed by atoms with E-state index >= 15 is 0 Å². The van der Waals surface area contributed by atoms with Crippen molar-refractivity contribution in [2.75, 3.05) is 12.4 Å². The third-order valence-electron chi connectivity index (χ3n) is 4.23. The molecule has 0 spiro atoms. The molecule has 0 aliphatic carbocycles. The Morgan fingerprint density at radius 2 is 1.72 bits per heavy atom. The van der Waals surface area contributed by atoms with Crippen molar-refractivity contribution in [3.05, 3.63) is 87.9 Å². The van der Waals surface area contributed by atoms with Crippen LogP contribution in [0.25, 0.3) is 0 Å². The van der Waals surface area contributed by atoms with E-state index in [1.807, 2.05) is 18.2 Å². The van der Waals surface area contributed by atoms with Crippen LogP contribution < -0.4 is 20.2 Å². The summed E-state index contributed by atoms with van der Waals surface area (Å²) in [5, 5.41) is 7.22. The number of methoxy groups -OCH3 is 1. The van der Waals surface area contributed by atoms with Crippen LogP contribution >= 0.6 is 23.2 Å². The van der Waals surface area contributed by atoms with Gasteiger partial charge in [-0.05, 0) is 54.1 Å². The first-order valence-corrected chi connectivity index (χ1v) is 10.2. The van der Waals surface area contributed by atoms with E-state index in [4.69, 9.17) is 32.7 Å². The molecule has 2 amide bonds. The third kappa shape index (κ3) is 6.47. The number of hydrazone groups is 1. The summed E-state index contributed by atoms with van der Waals surface area (Å²) in [5.74, 6) is -0.654. The monoisotopic (exact) mass is 471 g/mol. The van der Waals surface area contributed by atoms with Crippen molar-refractivity contribution in [3.8, 4) is 11.5 Å². The van der Waals surface area contributed by atoms with Gasteiger partial charge in [0.15, 0.2) is 0 Å². The molecule has 0 unspecified atom stereocenters. The molecule has 0 atom stereocenters. The Balaban J connectivity index is 1.52. The van der Waals surface area contributed by atoms with Gasteiger partial charge in [0.25, 0.3) is 0 Å². The number of carbonyl (C=O) groups excluding carboxylic acids is 2. The van der Waals surface area contributed by atoms with E-state index in [1.165, 1.54) is 13.3 Å². The second kappa shape index (κ2) is 11.2. The van der Waals surface area contributed by atoms with Crippen molar-refractivity contribution in [1.82, 2.24) is 5.43 Å². The SMILES string of the molecule is COc1ccc(NC(=O)C(=O)N/N=C\c2ccc(OCc3ccccc3Cl)c(Cl)c2)cc1. The minimum absolute atomic E-state index is 0.270. The maximum Gasteiger partial charge on any atom is 0.329 e. The number of nitrogens with zero attached hydrogens (tertiary/aromatic N) is 1. The molecule has 3 aromatic carbocycles. The molecule has 0 aliphatic heterocycles. The van der Waals surface area contributed by atoms with Crippen LogP contribution in [0.2, 0.25) is 10.0 Å². The summed E-state index contributed by atoms with van der Waals surface area (Å²) in [7, 11) is 1.54. The van der Waals surface area contributed by atoms with Crippen LogP contribution in [-0.4, -0.2) is 25.1 Å². The molecule has 3 rings (SSSR count). The zero-order valence-electron chi connectivity index (χ0n) is 17.0. The minimum Gasteiger partial charge on any atom is -0.497 e. The van der Waals surface area contributed by atoms with Gasteiger partial charge in [-0.1, -0.05) is 41.4 Å². The van der Waals surface area contributed by atoms with Gasteiger partial charge in [0.2, 0.25) is 0 Å². The standard InChI is InChI=1S/C23H19Cl2N3O4/c1-31-18-9-7-17(8-10-18)27-22(29)23(30)28-26-13-15-6-11-21(20(25)12-15)32-14-16-4-2-3-5-19(16)24/h2-13H,14H2,1H3,(H,27,29)(H,28,30)/b26-13-. The van der Waals surface area contributed by atoms with Crippen molar-refractivity contribution in [2.24, 2.45) is 5.10 Å². The lowest BCUT2D eigenvalue weighted by molar-refractivity contribution is -0.136. The molecule has 0 radical (unpaired) electrons. The Kier molecular flexibility index (Phi) is 8.08. The topological polar surface area (TPSA) is 89.0 Å². The van der Waals surface area contributed by atoms with Gasteiger partial charge in [0.05, 0.1) is 18.3 Å². The van der Waals surface area contributed by atoms with E-state index in [0.717, 1.165) is 5.56 Å². The van der Waals surface area contributed by atoms with E-state index in [2.05, 4.69) is 15.8 Å². The Morgan fingerprint density at radius 3 is 2.41 bits per heavy atom. The molecule has 7 nitrogen and oxygen atoms in total. The number of hydrogen-bond acceptors (Lipinski definition) is 5. The summed E-state index contributed by atoms with van der Waals surface area (Å²) in [4.78, 5) is 23.9. The maximum absolute atomic E-state index is 11.9. The molecule has 0 saturated heterocycles. The van der Waals surface area contributed by atoms with Crippen LogP contribution in [0.1, 0.15) is 11.1 Å². The highest BCUT2D eigenvalue weighted by atomic mass is 35.5. The summed E-state index contributed by atoms with van der Waals surface area (Å²) >= 11 is 12.4. The number of carbonyl (C=O) groups is 2. The summed E-state index contributed by atoms with van der Waals surface area (Å²) in [5.41, 5.74) is 4.07. The van der Waals surface area contributed by atoms with Crippen LogP contribution in [0.15, 0.2) is 71.8 Å². The molecule has 0 heterocycles. The highest BCUT2D eigenvalue weighted by molar-refractivity contribution is 6.39. The number of halogens is 2. The largest absolute Gasteiger partial charge is 0.497 e. The first-order chi connectivity index (χ1) is 15.5. The highest BCUT2D eigenvalue weighted by Crippen LogP contribution is 2.27. The molecule has 0 fully saturated rings. The van der Waals surface area contributed by atoms with E-state index in [1.54, 1.807) is 48.5 Å². The van der Waals surface area contributed by atoms with Gasteiger partial charge in [0, 0.05) is 16.3 Å². The van der Waals surface area contributed by atoms with E-state index in [-0.39, 0.29) is 6.61 Å². The van der Waals surface area contributed by atoms with Crippen LogP contribution in [0.3, 0.4) is 0 Å². The van der Waals surface area contributed by atoms with Crippen molar-refractivity contribution in [1.29, 1.82) is 0 Å². The van der Waals surface area contributed by atoms with Gasteiger partial charge >= 0.3 is 11.8 Å². The summed E-state index contributed by atoms with van der Waals surface area (Å²) in [6.45, 7) is 0.270. The quantitative estimate of drug-likeness (QED) is 0.297. The van der Waals surface area contributed by atoms with Gasteiger partial charge < -0.3 is 14.8 Å². The molecular weight excluding hydrogens is 453 g/mol. The Labute approximate surface area is 194 Å². The predicted octanol–water partition coefficient (Wildman–Crippen LogP) is 4.67. The number of rotatable bonds is 7. The second-order valence-electron chi connectivity index (χ2n) is 6.45. The van der Waals surface area contributed by atoms with Crippen molar-refractivity contribution >= 4 is 46.9 Å². The molecule has 0 bridgehead atoms. The smallest absolute Gasteiger partial charge is 0.329 e. The molecule has 32 heavy (non-hydrogen) atoms. The van der Waals surface area contributed by atoms with E-state index in [0.29, 0.717) is 32.8 Å². The van der Waals surface area contributed by atoms with Crippen LogP contribution in [0.4, 0.5) is 5.69 Å². The van der Waals surface area contributed by atoms with Crippen molar-refractivity contribution in [2.45, 2.75) is 6.61 Å². The molecule has 2 N–H and O–H groups in total. The third-order valence-corrected chi connectivity index (χ3v) is 4.89. The first kappa shape index (κ1) is 23.1. The zero-order chi connectivity index (χ0) is 22.9. The maximum atomic E-state index is 11.9. The lowest BCUT2D eigenvalue weighted by atomic mass is 10.2. The van der Waals surface area contributed by atoms with Gasteiger partial charge in [0.1, 0.15) is 18.1 Å². The Bertz CT molecular complexity index is 1130. The average Bonchev–Trinajstić information content (AvgIpc) is 2.80. The second-order valence-corrected chi connectivity index (χ2v) is 7.27. The number of ether oxygens (including phenoxy) is 2. The van der Waals surface area contributed by atoms with Gasteiger partial charge in [-0.15, -0.1) is 0 Å². The predicted molar refractivity (Wildman–Crippen MR) is 125 cm³/mol. The molecule has 9 heteroatoms. The van der Waals surface area contributed by atoms with Gasteiger partial charge in [-0.2, -0.15) is 5.10 Å². The summed E-state index contributed by atoms with van der Waals surface area (Å²) < 4.78 is 10.7. The van der Waals surface area contributed by atoms with E-state index < -0.39 is 11.8 Å². The van der Waals surface area contributed by atoms with Crippen molar-refractivity contribution < 1.29 is 19.1 Å². The van der Waals surface area contributed by atoms with Gasteiger partial charge in [-0.25, -0.2) is 5.43 Å². The van der Waals surface area contributed by atoms with Crippen molar-refractivity contribution in [3.63, 3.8) is 0 Å². The molecule has 0 aromatic heterocycles. The fourth-order valence-electron chi connectivity index (χ4n) is 2.56. The van der Waals surface area contributed by atoms with Crippen LogP contribution in [0.5, 0.6) is 11.5 Å². The highest BCUT2D eigenvalue weighted by Gasteiger charge is 2.13. The molecule has 3 aromatic rings. The molecule has 0 saturated carbocycles. The normalized spacial score (nSPS) is 10.6. The fraction of sp³-hybridized carbons (Fsp3) is 0.0870. The van der Waals surface area contributed by atoms with Crippen LogP contribution in [0, 0.1) is 0 Å². The Hall–Kier alpha value is -3.55. The van der Waals surface area contributed by atoms with Gasteiger partial charge in [-0.3, -0.25) is 9.59 Å². The lowest BCUT2D eigenvalue weighted by Crippen LogP contribution is -2.32. The summed E-state index contributed by atoms with van der Waals surface area (Å²) in [6.07, 6.45) is 1.36. The molecular formula is C23H19Cl2N3O4. The average molecular weight is 472 g/mol. The number of nitrogens with one attached hydrogen (secondary N) is 2. The summed E-state index contributed by atoms with van der Waals surface area (Å²) in [6, 6.07) is 18.9.